The lowest BCUT2D eigenvalue weighted by Crippen LogP contribution is -2.32. The molecule has 166 valence electrons. The monoisotopic (exact) mass is 442 g/mol. The summed E-state index contributed by atoms with van der Waals surface area (Å²) in [6.07, 6.45) is 0.770. The quantitative estimate of drug-likeness (QED) is 0.377. The number of aliphatic hydroxyl groups excluding tert-OH is 1. The van der Waals surface area contributed by atoms with E-state index in [-0.39, 0.29) is 17.4 Å². The molecule has 1 aromatic heterocycles. The molecule has 0 spiro atoms. The molecule has 2 heterocycles. The molecular weight excluding hydrogens is 412 g/mol. The lowest BCUT2D eigenvalue weighted by molar-refractivity contribution is -0.139. The normalized spacial score (nSPS) is 18.4. The van der Waals surface area contributed by atoms with E-state index in [0.29, 0.717) is 12.1 Å². The van der Waals surface area contributed by atoms with Crippen molar-refractivity contribution in [2.45, 2.75) is 39.3 Å². The summed E-state index contributed by atoms with van der Waals surface area (Å²) in [4.78, 5) is 30.4. The molecule has 1 N–H and O–H groups in total. The Morgan fingerprint density at radius 3 is 2.58 bits per heavy atom. The summed E-state index contributed by atoms with van der Waals surface area (Å²) < 4.78 is 5.77. The molecule has 1 atom stereocenters. The minimum Gasteiger partial charge on any atom is -0.507 e. The third kappa shape index (κ3) is 4.99. The van der Waals surface area contributed by atoms with Crippen molar-refractivity contribution in [3.63, 3.8) is 0 Å². The highest BCUT2D eigenvalue weighted by Crippen LogP contribution is 2.41. The van der Waals surface area contributed by atoms with Gasteiger partial charge in [-0.25, -0.2) is 0 Å². The number of aryl methyl sites for hydroxylation is 1. The maximum atomic E-state index is 13.0. The summed E-state index contributed by atoms with van der Waals surface area (Å²) in [6.45, 7) is 7.04. The van der Waals surface area contributed by atoms with E-state index in [1.165, 1.54) is 11.3 Å². The minimum absolute atomic E-state index is 0.0319. The number of Topliss-reactive ketones (excluding diaryl/α,β-unsaturated/α-hetero) is 1. The fourth-order valence-corrected chi connectivity index (χ4v) is 4.59. The number of rotatable bonds is 8. The Morgan fingerprint density at radius 1 is 1.26 bits per heavy atom. The van der Waals surface area contributed by atoms with Crippen molar-refractivity contribution in [2.24, 2.45) is 0 Å². The van der Waals surface area contributed by atoms with E-state index in [4.69, 9.17) is 4.74 Å². The van der Waals surface area contributed by atoms with E-state index in [1.54, 1.807) is 23.1 Å². The Balaban J connectivity index is 2.02. The summed E-state index contributed by atoms with van der Waals surface area (Å²) in [5.74, 6) is -0.618. The second kappa shape index (κ2) is 9.66. The lowest BCUT2D eigenvalue weighted by atomic mass is 9.98. The molecule has 1 saturated heterocycles. The number of aliphatic hydroxyl groups is 1. The molecular formula is C24H30N2O4S. The second-order valence-electron chi connectivity index (χ2n) is 8.31. The molecule has 0 radical (unpaired) electrons. The van der Waals surface area contributed by atoms with Gasteiger partial charge in [0, 0.05) is 17.0 Å². The number of carbonyl (C=O) groups is 2. The summed E-state index contributed by atoms with van der Waals surface area (Å²) in [5.41, 5.74) is 1.50. The highest BCUT2D eigenvalue weighted by atomic mass is 32.1. The zero-order chi connectivity index (χ0) is 22.7. The van der Waals surface area contributed by atoms with Gasteiger partial charge in [0.1, 0.15) is 11.5 Å². The topological polar surface area (TPSA) is 70.1 Å². The zero-order valence-corrected chi connectivity index (χ0v) is 19.5. The molecule has 1 aliphatic heterocycles. The molecule has 0 saturated carbocycles. The highest BCUT2D eigenvalue weighted by Gasteiger charge is 2.46. The van der Waals surface area contributed by atoms with E-state index >= 15 is 0 Å². The van der Waals surface area contributed by atoms with E-state index in [0.717, 1.165) is 29.2 Å². The number of hydrogen-bond acceptors (Lipinski definition) is 6. The number of ketones is 1. The SMILES string of the molecule is Cc1cc(C(O)=C2C(=O)C(=O)N(CCCN(C)C)C2c2cccs2)ccc1OC(C)C. The molecule has 6 nitrogen and oxygen atoms in total. The van der Waals surface area contributed by atoms with Crippen molar-refractivity contribution in [2.75, 3.05) is 27.2 Å². The van der Waals surface area contributed by atoms with Gasteiger partial charge in [-0.05, 0) is 83.0 Å². The van der Waals surface area contributed by atoms with Gasteiger partial charge in [-0.15, -0.1) is 11.3 Å². The van der Waals surface area contributed by atoms with Crippen LogP contribution in [0.25, 0.3) is 5.76 Å². The van der Waals surface area contributed by atoms with Gasteiger partial charge in [0.05, 0.1) is 17.7 Å². The number of benzene rings is 1. The summed E-state index contributed by atoms with van der Waals surface area (Å²) in [7, 11) is 3.94. The van der Waals surface area contributed by atoms with Crippen LogP contribution in [0.2, 0.25) is 0 Å². The molecule has 1 amide bonds. The fraction of sp³-hybridized carbons (Fsp3) is 0.417. The molecule has 31 heavy (non-hydrogen) atoms. The number of nitrogens with zero attached hydrogens (tertiary/aromatic N) is 2. The Hall–Kier alpha value is -2.64. The predicted molar refractivity (Wildman–Crippen MR) is 123 cm³/mol. The molecule has 1 unspecified atom stereocenters. The molecule has 3 rings (SSSR count). The van der Waals surface area contributed by atoms with Crippen LogP contribution in [0.1, 0.15) is 42.3 Å². The Labute approximate surface area is 187 Å². The van der Waals surface area contributed by atoms with E-state index < -0.39 is 17.7 Å². The first kappa shape index (κ1) is 23.0. The molecule has 7 heteroatoms. The number of amides is 1. The van der Waals surface area contributed by atoms with Gasteiger partial charge < -0.3 is 19.6 Å². The van der Waals surface area contributed by atoms with Crippen LogP contribution >= 0.6 is 11.3 Å². The van der Waals surface area contributed by atoms with Crippen molar-refractivity contribution in [1.82, 2.24) is 9.80 Å². The van der Waals surface area contributed by atoms with Crippen molar-refractivity contribution < 1.29 is 19.4 Å². The van der Waals surface area contributed by atoms with Crippen molar-refractivity contribution >= 4 is 28.8 Å². The van der Waals surface area contributed by atoms with Crippen LogP contribution in [-0.2, 0) is 9.59 Å². The number of carbonyl (C=O) groups excluding carboxylic acids is 2. The average Bonchev–Trinajstić information content (AvgIpc) is 3.31. The van der Waals surface area contributed by atoms with Gasteiger partial charge in [0.15, 0.2) is 0 Å². The van der Waals surface area contributed by atoms with Crippen molar-refractivity contribution in [3.05, 3.63) is 57.3 Å². The largest absolute Gasteiger partial charge is 0.507 e. The number of thiophene rings is 1. The third-order valence-corrected chi connectivity index (χ3v) is 6.09. The van der Waals surface area contributed by atoms with Gasteiger partial charge in [-0.2, -0.15) is 0 Å². The smallest absolute Gasteiger partial charge is 0.295 e. The molecule has 0 aliphatic carbocycles. The number of ether oxygens (including phenoxy) is 1. The summed E-state index contributed by atoms with van der Waals surface area (Å²) in [6, 6.07) is 8.52. The lowest BCUT2D eigenvalue weighted by Gasteiger charge is -2.24. The summed E-state index contributed by atoms with van der Waals surface area (Å²) in [5, 5.41) is 13.1. The van der Waals surface area contributed by atoms with E-state index in [2.05, 4.69) is 0 Å². The van der Waals surface area contributed by atoms with Gasteiger partial charge >= 0.3 is 0 Å². The van der Waals surface area contributed by atoms with Crippen LogP contribution in [0.3, 0.4) is 0 Å². The average molecular weight is 443 g/mol. The first-order valence-electron chi connectivity index (χ1n) is 10.4. The van der Waals surface area contributed by atoms with Crippen LogP contribution in [-0.4, -0.2) is 59.9 Å². The van der Waals surface area contributed by atoms with Crippen LogP contribution in [0.15, 0.2) is 41.3 Å². The first-order chi connectivity index (χ1) is 14.7. The Bertz CT molecular complexity index is 979. The van der Waals surface area contributed by atoms with Gasteiger partial charge in [0.25, 0.3) is 11.7 Å². The first-order valence-corrected chi connectivity index (χ1v) is 11.3. The van der Waals surface area contributed by atoms with Crippen LogP contribution in [0, 0.1) is 6.92 Å². The Morgan fingerprint density at radius 2 is 2.00 bits per heavy atom. The summed E-state index contributed by atoms with van der Waals surface area (Å²) >= 11 is 1.47. The molecule has 1 aromatic carbocycles. The number of hydrogen-bond donors (Lipinski definition) is 1. The second-order valence-corrected chi connectivity index (χ2v) is 9.29. The minimum atomic E-state index is -0.638. The predicted octanol–water partition coefficient (Wildman–Crippen LogP) is 4.22. The van der Waals surface area contributed by atoms with Crippen molar-refractivity contribution in [3.8, 4) is 5.75 Å². The molecule has 1 aliphatic rings. The van der Waals surface area contributed by atoms with Crippen molar-refractivity contribution in [1.29, 1.82) is 0 Å². The van der Waals surface area contributed by atoms with Gasteiger partial charge in [0.2, 0.25) is 0 Å². The van der Waals surface area contributed by atoms with Gasteiger partial charge in [-0.1, -0.05) is 6.07 Å². The zero-order valence-electron chi connectivity index (χ0n) is 18.7. The molecule has 2 aromatic rings. The molecule has 1 fully saturated rings. The third-order valence-electron chi connectivity index (χ3n) is 5.17. The van der Waals surface area contributed by atoms with Gasteiger partial charge in [-0.3, -0.25) is 9.59 Å². The fourth-order valence-electron chi connectivity index (χ4n) is 3.75. The van der Waals surface area contributed by atoms with E-state index in [1.807, 2.05) is 57.3 Å². The van der Waals surface area contributed by atoms with Crippen LogP contribution in [0.4, 0.5) is 0 Å². The molecule has 0 bridgehead atoms. The maximum absolute atomic E-state index is 13.0. The standard InChI is InChI=1S/C24H30N2O4S/c1-15(2)30-18-10-9-17(14-16(18)3)22(27)20-21(19-8-6-13-31-19)26(24(29)23(20)28)12-7-11-25(4)5/h6,8-10,13-15,21,27H,7,11-12H2,1-5H3. The Kier molecular flexibility index (Phi) is 7.18. The highest BCUT2D eigenvalue weighted by molar-refractivity contribution is 7.10. The number of likely N-dealkylation sites (tertiary alicyclic amines) is 1. The van der Waals surface area contributed by atoms with E-state index in [9.17, 15) is 14.7 Å². The van der Waals surface area contributed by atoms with Crippen LogP contribution < -0.4 is 4.74 Å². The maximum Gasteiger partial charge on any atom is 0.295 e. The van der Waals surface area contributed by atoms with Crippen LogP contribution in [0.5, 0.6) is 5.75 Å².